The largest absolute Gasteiger partial charge is 0.496 e. The average Bonchev–Trinajstić information content (AvgIpc) is 2.47. The first-order valence-electron chi connectivity index (χ1n) is 7.00. The van der Waals surface area contributed by atoms with Gasteiger partial charge in [0.1, 0.15) is 5.75 Å². The van der Waals surface area contributed by atoms with E-state index in [-0.39, 0.29) is 0 Å². The Morgan fingerprint density at radius 1 is 1.45 bits per heavy atom. The van der Waals surface area contributed by atoms with E-state index in [9.17, 15) is 10.0 Å². The monoisotopic (exact) mass is 279 g/mol. The SMILES string of the molecule is CCC1COCCN1Cc1cc(B(O)O)ccc1OC. The molecular formula is C14H22BNO4. The zero-order valence-corrected chi connectivity index (χ0v) is 12.1. The second kappa shape index (κ2) is 7.08. The van der Waals surface area contributed by atoms with E-state index < -0.39 is 7.12 Å². The Morgan fingerprint density at radius 2 is 2.25 bits per heavy atom. The van der Waals surface area contributed by atoms with Gasteiger partial charge in [-0.2, -0.15) is 0 Å². The fourth-order valence-corrected chi connectivity index (χ4v) is 2.57. The topological polar surface area (TPSA) is 62.2 Å². The molecule has 0 aliphatic carbocycles. The Balaban J connectivity index is 2.19. The molecule has 1 aromatic carbocycles. The third-order valence-electron chi connectivity index (χ3n) is 3.80. The Kier molecular flexibility index (Phi) is 5.42. The molecule has 1 fully saturated rings. The normalized spacial score (nSPS) is 19.9. The second-order valence-corrected chi connectivity index (χ2v) is 5.05. The van der Waals surface area contributed by atoms with Crippen LogP contribution in [0.25, 0.3) is 0 Å². The van der Waals surface area contributed by atoms with Crippen molar-refractivity contribution >= 4 is 12.6 Å². The molecule has 0 saturated carbocycles. The van der Waals surface area contributed by atoms with Crippen LogP contribution in [0.4, 0.5) is 0 Å². The number of methoxy groups -OCH3 is 1. The lowest BCUT2D eigenvalue weighted by Crippen LogP contribution is -2.44. The first-order valence-corrected chi connectivity index (χ1v) is 7.00. The Bertz CT molecular complexity index is 441. The second-order valence-electron chi connectivity index (χ2n) is 5.05. The molecule has 5 nitrogen and oxygen atoms in total. The summed E-state index contributed by atoms with van der Waals surface area (Å²) in [5, 5.41) is 18.6. The molecule has 1 aromatic rings. The highest BCUT2D eigenvalue weighted by molar-refractivity contribution is 6.58. The lowest BCUT2D eigenvalue weighted by molar-refractivity contribution is -0.0129. The van der Waals surface area contributed by atoms with Crippen LogP contribution in [0.3, 0.4) is 0 Å². The van der Waals surface area contributed by atoms with Gasteiger partial charge in [-0.15, -0.1) is 0 Å². The van der Waals surface area contributed by atoms with Crippen molar-refractivity contribution in [1.82, 2.24) is 4.90 Å². The molecule has 0 spiro atoms. The van der Waals surface area contributed by atoms with E-state index in [0.29, 0.717) is 11.5 Å². The standard InChI is InChI=1S/C14H22BNO4/c1-3-13-10-20-7-6-16(13)9-11-8-12(15(17)18)4-5-14(11)19-2/h4-5,8,13,17-18H,3,6-7,9-10H2,1-2H3. The Morgan fingerprint density at radius 3 is 2.90 bits per heavy atom. The molecule has 0 bridgehead atoms. The van der Waals surface area contributed by atoms with Gasteiger partial charge in [0.25, 0.3) is 0 Å². The van der Waals surface area contributed by atoms with E-state index >= 15 is 0 Å². The number of benzene rings is 1. The van der Waals surface area contributed by atoms with Crippen LogP contribution in [0.1, 0.15) is 18.9 Å². The molecule has 0 radical (unpaired) electrons. The van der Waals surface area contributed by atoms with Crippen LogP contribution in [-0.2, 0) is 11.3 Å². The van der Waals surface area contributed by atoms with Crippen molar-refractivity contribution in [3.8, 4) is 5.75 Å². The number of nitrogens with zero attached hydrogens (tertiary/aromatic N) is 1. The van der Waals surface area contributed by atoms with E-state index in [2.05, 4.69) is 11.8 Å². The van der Waals surface area contributed by atoms with Gasteiger partial charge in [0, 0.05) is 24.7 Å². The van der Waals surface area contributed by atoms with Gasteiger partial charge >= 0.3 is 7.12 Å². The third kappa shape index (κ3) is 3.52. The predicted molar refractivity (Wildman–Crippen MR) is 78.1 cm³/mol. The lowest BCUT2D eigenvalue weighted by Gasteiger charge is -2.35. The van der Waals surface area contributed by atoms with Crippen molar-refractivity contribution in [3.63, 3.8) is 0 Å². The van der Waals surface area contributed by atoms with E-state index in [1.807, 2.05) is 0 Å². The van der Waals surface area contributed by atoms with E-state index in [1.165, 1.54) is 0 Å². The highest BCUT2D eigenvalue weighted by Gasteiger charge is 2.23. The number of rotatable bonds is 5. The highest BCUT2D eigenvalue weighted by atomic mass is 16.5. The fourth-order valence-electron chi connectivity index (χ4n) is 2.57. The molecule has 1 heterocycles. The molecule has 0 aromatic heterocycles. The van der Waals surface area contributed by atoms with Gasteiger partial charge < -0.3 is 19.5 Å². The molecule has 1 saturated heterocycles. The van der Waals surface area contributed by atoms with Crippen LogP contribution >= 0.6 is 0 Å². The van der Waals surface area contributed by atoms with Gasteiger partial charge in [0.2, 0.25) is 0 Å². The quantitative estimate of drug-likeness (QED) is 0.742. The summed E-state index contributed by atoms with van der Waals surface area (Å²) < 4.78 is 10.9. The number of hydrogen-bond acceptors (Lipinski definition) is 5. The summed E-state index contributed by atoms with van der Waals surface area (Å²) in [7, 11) is 0.177. The molecule has 2 rings (SSSR count). The molecule has 1 atom stereocenters. The van der Waals surface area contributed by atoms with Gasteiger partial charge in [0.15, 0.2) is 0 Å². The van der Waals surface area contributed by atoms with Crippen LogP contribution in [0.5, 0.6) is 5.75 Å². The van der Waals surface area contributed by atoms with Gasteiger partial charge in [-0.05, 0) is 17.9 Å². The summed E-state index contributed by atoms with van der Waals surface area (Å²) in [4.78, 5) is 2.36. The van der Waals surface area contributed by atoms with Gasteiger partial charge in [-0.1, -0.05) is 19.1 Å². The van der Waals surface area contributed by atoms with Crippen molar-refractivity contribution in [3.05, 3.63) is 23.8 Å². The first-order chi connectivity index (χ1) is 9.65. The number of morpholine rings is 1. The molecule has 1 aliphatic heterocycles. The summed E-state index contributed by atoms with van der Waals surface area (Å²) in [5.74, 6) is 0.774. The van der Waals surface area contributed by atoms with Crippen molar-refractivity contribution in [1.29, 1.82) is 0 Å². The lowest BCUT2D eigenvalue weighted by atomic mass is 9.79. The molecule has 1 aliphatic rings. The summed E-state index contributed by atoms with van der Waals surface area (Å²) in [6.07, 6.45) is 1.03. The highest BCUT2D eigenvalue weighted by Crippen LogP contribution is 2.21. The van der Waals surface area contributed by atoms with Gasteiger partial charge in [0.05, 0.1) is 20.3 Å². The van der Waals surface area contributed by atoms with Gasteiger partial charge in [-0.3, -0.25) is 4.90 Å². The van der Waals surface area contributed by atoms with Crippen LogP contribution < -0.4 is 10.2 Å². The maximum atomic E-state index is 9.30. The summed E-state index contributed by atoms with van der Waals surface area (Å²) >= 11 is 0. The smallest absolute Gasteiger partial charge is 0.488 e. The fraction of sp³-hybridized carbons (Fsp3) is 0.571. The minimum atomic E-state index is -1.45. The van der Waals surface area contributed by atoms with Crippen LogP contribution in [-0.4, -0.2) is 55.0 Å². The van der Waals surface area contributed by atoms with E-state index in [1.54, 1.807) is 25.3 Å². The molecule has 110 valence electrons. The van der Waals surface area contributed by atoms with Crippen LogP contribution in [0.2, 0.25) is 0 Å². The zero-order valence-electron chi connectivity index (χ0n) is 12.1. The maximum absolute atomic E-state index is 9.30. The number of hydrogen-bond donors (Lipinski definition) is 2. The van der Waals surface area contributed by atoms with Crippen molar-refractivity contribution in [2.45, 2.75) is 25.9 Å². The van der Waals surface area contributed by atoms with Crippen molar-refractivity contribution < 1.29 is 19.5 Å². The van der Waals surface area contributed by atoms with Crippen molar-refractivity contribution in [2.75, 3.05) is 26.9 Å². The minimum Gasteiger partial charge on any atom is -0.496 e. The molecule has 2 N–H and O–H groups in total. The van der Waals surface area contributed by atoms with E-state index in [4.69, 9.17) is 9.47 Å². The van der Waals surface area contributed by atoms with Crippen LogP contribution in [0.15, 0.2) is 18.2 Å². The molecule has 0 amide bonds. The maximum Gasteiger partial charge on any atom is 0.488 e. The zero-order chi connectivity index (χ0) is 14.5. The molecular weight excluding hydrogens is 257 g/mol. The van der Waals surface area contributed by atoms with E-state index in [0.717, 1.165) is 44.0 Å². The van der Waals surface area contributed by atoms with Gasteiger partial charge in [-0.25, -0.2) is 0 Å². The van der Waals surface area contributed by atoms with Crippen molar-refractivity contribution in [2.24, 2.45) is 0 Å². The first kappa shape index (κ1) is 15.3. The molecule has 20 heavy (non-hydrogen) atoms. The minimum absolute atomic E-state index is 0.399. The van der Waals surface area contributed by atoms with Crippen LogP contribution in [0, 0.1) is 0 Å². The predicted octanol–water partition coefficient (Wildman–Crippen LogP) is -0.0142. The Hall–Kier alpha value is -1.08. The summed E-state index contributed by atoms with van der Waals surface area (Å²) in [5.41, 5.74) is 1.46. The summed E-state index contributed by atoms with van der Waals surface area (Å²) in [6.45, 7) is 5.25. The Labute approximate surface area is 120 Å². The molecule has 6 heteroatoms. The molecule has 1 unspecified atom stereocenters. The summed E-state index contributed by atoms with van der Waals surface area (Å²) in [6, 6.07) is 5.65. The number of ether oxygens (including phenoxy) is 2. The average molecular weight is 279 g/mol. The third-order valence-corrected chi connectivity index (χ3v) is 3.80.